The van der Waals surface area contributed by atoms with E-state index >= 15 is 0 Å². The first-order valence-corrected chi connectivity index (χ1v) is 10.0. The minimum absolute atomic E-state index is 0.0380. The highest BCUT2D eigenvalue weighted by Crippen LogP contribution is 2.29. The van der Waals surface area contributed by atoms with Gasteiger partial charge >= 0.3 is 6.03 Å². The number of hydrogen-bond acceptors (Lipinski definition) is 3. The van der Waals surface area contributed by atoms with E-state index in [0.29, 0.717) is 30.3 Å². The van der Waals surface area contributed by atoms with Crippen LogP contribution >= 0.6 is 0 Å². The van der Waals surface area contributed by atoms with Gasteiger partial charge in [0.25, 0.3) is 5.91 Å². The fourth-order valence-corrected chi connectivity index (χ4v) is 3.61. The number of hydrogen-bond donors (Lipinski definition) is 2. The lowest BCUT2D eigenvalue weighted by molar-refractivity contribution is 0.0708. The number of urea groups is 1. The zero-order valence-corrected chi connectivity index (χ0v) is 17.1. The molecule has 0 atom stereocenters. The van der Waals surface area contributed by atoms with Gasteiger partial charge < -0.3 is 15.5 Å². The van der Waals surface area contributed by atoms with E-state index in [1.54, 1.807) is 17.0 Å². The fourth-order valence-electron chi connectivity index (χ4n) is 3.61. The van der Waals surface area contributed by atoms with E-state index in [4.69, 9.17) is 5.26 Å². The Hall–Kier alpha value is -3.40. The molecule has 0 bridgehead atoms. The number of carbonyl (C=O) groups excluding carboxylic acids is 2. The summed E-state index contributed by atoms with van der Waals surface area (Å²) in [6, 6.07) is 13.2. The van der Waals surface area contributed by atoms with Crippen molar-refractivity contribution in [1.82, 2.24) is 10.2 Å². The number of piperidine rings is 1. The third-order valence-corrected chi connectivity index (χ3v) is 5.17. The largest absolute Gasteiger partial charge is 0.339 e. The zero-order chi connectivity index (χ0) is 21.7. The zero-order valence-electron chi connectivity index (χ0n) is 17.1. The summed E-state index contributed by atoms with van der Waals surface area (Å²) >= 11 is 0. The first kappa shape index (κ1) is 21.3. The van der Waals surface area contributed by atoms with Crippen molar-refractivity contribution in [2.24, 2.45) is 0 Å². The molecule has 2 N–H and O–H groups in total. The van der Waals surface area contributed by atoms with Crippen LogP contribution in [0.25, 0.3) is 0 Å². The van der Waals surface area contributed by atoms with E-state index in [2.05, 4.69) is 16.7 Å². The van der Waals surface area contributed by atoms with Gasteiger partial charge in [0, 0.05) is 24.8 Å². The van der Waals surface area contributed by atoms with Crippen LogP contribution in [0.5, 0.6) is 0 Å². The average Bonchev–Trinajstić information content (AvgIpc) is 2.74. The Morgan fingerprint density at radius 2 is 1.80 bits per heavy atom. The van der Waals surface area contributed by atoms with Gasteiger partial charge in [-0.3, -0.25) is 4.79 Å². The SMILES string of the molecule is CC(C)NC(=O)Nc1ccc(F)c(C(=O)N2CCC(c3ccc(C#N)cc3)CC2)c1. The smallest absolute Gasteiger partial charge is 0.319 e. The lowest BCUT2D eigenvalue weighted by atomic mass is 9.89. The van der Waals surface area contributed by atoms with Crippen molar-refractivity contribution in [3.05, 3.63) is 65.0 Å². The van der Waals surface area contributed by atoms with E-state index in [1.807, 2.05) is 26.0 Å². The molecule has 0 saturated carbocycles. The highest BCUT2D eigenvalue weighted by Gasteiger charge is 2.26. The third-order valence-electron chi connectivity index (χ3n) is 5.17. The summed E-state index contributed by atoms with van der Waals surface area (Å²) in [4.78, 5) is 26.4. The Balaban J connectivity index is 1.64. The normalized spacial score (nSPS) is 14.3. The van der Waals surface area contributed by atoms with Crippen molar-refractivity contribution in [2.45, 2.75) is 38.6 Å². The number of benzene rings is 2. The number of anilines is 1. The minimum Gasteiger partial charge on any atom is -0.339 e. The lowest BCUT2D eigenvalue weighted by Gasteiger charge is -2.32. The number of halogens is 1. The standard InChI is InChI=1S/C23H25FN4O2/c1-15(2)26-23(30)27-19-7-8-21(24)20(13-19)22(29)28-11-9-18(10-12-28)17-5-3-16(14-25)4-6-17/h3-8,13,15,18H,9-12H2,1-2H3,(H2,26,27,30). The summed E-state index contributed by atoms with van der Waals surface area (Å²) in [6.07, 6.45) is 1.54. The van der Waals surface area contributed by atoms with Gasteiger partial charge in [0.05, 0.1) is 17.2 Å². The van der Waals surface area contributed by atoms with Gasteiger partial charge in [0.1, 0.15) is 5.82 Å². The molecule has 3 amide bonds. The second kappa shape index (κ2) is 9.40. The first-order valence-electron chi connectivity index (χ1n) is 10.0. The molecule has 2 aromatic carbocycles. The molecule has 1 saturated heterocycles. The number of nitrogens with one attached hydrogen (secondary N) is 2. The van der Waals surface area contributed by atoms with Crippen LogP contribution < -0.4 is 10.6 Å². The van der Waals surface area contributed by atoms with Gasteiger partial charge in [-0.25, -0.2) is 9.18 Å². The maximum Gasteiger partial charge on any atom is 0.319 e. The fraction of sp³-hybridized carbons (Fsp3) is 0.348. The molecule has 0 radical (unpaired) electrons. The molecule has 7 heteroatoms. The van der Waals surface area contributed by atoms with Crippen molar-refractivity contribution in [1.29, 1.82) is 5.26 Å². The molecular formula is C23H25FN4O2. The third kappa shape index (κ3) is 5.15. The molecule has 1 aliphatic heterocycles. The monoisotopic (exact) mass is 408 g/mol. The summed E-state index contributed by atoms with van der Waals surface area (Å²) in [5, 5.41) is 14.2. The summed E-state index contributed by atoms with van der Waals surface area (Å²) in [5.41, 5.74) is 2.09. The highest BCUT2D eigenvalue weighted by molar-refractivity contribution is 5.97. The maximum absolute atomic E-state index is 14.3. The Labute approximate surface area is 175 Å². The van der Waals surface area contributed by atoms with E-state index in [0.717, 1.165) is 18.4 Å². The predicted octanol–water partition coefficient (Wildman–Crippen LogP) is 4.25. The summed E-state index contributed by atoms with van der Waals surface area (Å²) < 4.78 is 14.3. The Kier molecular flexibility index (Phi) is 6.68. The van der Waals surface area contributed by atoms with Crippen LogP contribution in [-0.4, -0.2) is 36.0 Å². The lowest BCUT2D eigenvalue weighted by Crippen LogP contribution is -2.38. The highest BCUT2D eigenvalue weighted by atomic mass is 19.1. The van der Waals surface area contributed by atoms with Crippen LogP contribution in [0.2, 0.25) is 0 Å². The Morgan fingerprint density at radius 1 is 1.13 bits per heavy atom. The molecule has 156 valence electrons. The van der Waals surface area contributed by atoms with Crippen LogP contribution in [-0.2, 0) is 0 Å². The van der Waals surface area contributed by atoms with E-state index < -0.39 is 11.8 Å². The molecule has 1 heterocycles. The van der Waals surface area contributed by atoms with Gasteiger partial charge in [0.15, 0.2) is 0 Å². The molecule has 0 unspecified atom stereocenters. The molecule has 30 heavy (non-hydrogen) atoms. The van der Waals surface area contributed by atoms with Gasteiger partial charge in [-0.05, 0) is 68.5 Å². The number of amides is 3. The van der Waals surface area contributed by atoms with Crippen LogP contribution in [0.15, 0.2) is 42.5 Å². The van der Waals surface area contributed by atoms with Crippen LogP contribution in [0.3, 0.4) is 0 Å². The quantitative estimate of drug-likeness (QED) is 0.793. The summed E-state index contributed by atoms with van der Waals surface area (Å²) in [6.45, 7) is 4.71. The molecule has 1 fully saturated rings. The van der Waals surface area contributed by atoms with Crippen molar-refractivity contribution >= 4 is 17.6 Å². The number of nitriles is 1. The van der Waals surface area contributed by atoms with E-state index in [9.17, 15) is 14.0 Å². The minimum atomic E-state index is -0.607. The van der Waals surface area contributed by atoms with Gasteiger partial charge in [-0.15, -0.1) is 0 Å². The van der Waals surface area contributed by atoms with Crippen LogP contribution in [0.1, 0.15) is 54.1 Å². The van der Waals surface area contributed by atoms with E-state index in [1.165, 1.54) is 18.2 Å². The van der Waals surface area contributed by atoms with Gasteiger partial charge in [-0.2, -0.15) is 5.26 Å². The Bertz CT molecular complexity index is 958. The number of nitrogens with zero attached hydrogens (tertiary/aromatic N) is 2. The second-order valence-electron chi connectivity index (χ2n) is 7.75. The first-order chi connectivity index (χ1) is 14.4. The van der Waals surface area contributed by atoms with E-state index in [-0.39, 0.29) is 17.5 Å². The number of rotatable bonds is 4. The van der Waals surface area contributed by atoms with Crippen LogP contribution in [0, 0.1) is 17.1 Å². The topological polar surface area (TPSA) is 85.2 Å². The summed E-state index contributed by atoms with van der Waals surface area (Å²) in [5.74, 6) is -0.679. The Morgan fingerprint density at radius 3 is 2.40 bits per heavy atom. The molecule has 0 aliphatic carbocycles. The van der Waals surface area contributed by atoms with Crippen molar-refractivity contribution in [3.8, 4) is 6.07 Å². The molecule has 2 aromatic rings. The summed E-state index contributed by atoms with van der Waals surface area (Å²) in [7, 11) is 0. The molecule has 0 spiro atoms. The molecule has 0 aromatic heterocycles. The number of carbonyl (C=O) groups is 2. The van der Waals surface area contributed by atoms with Crippen molar-refractivity contribution in [3.63, 3.8) is 0 Å². The van der Waals surface area contributed by atoms with Gasteiger partial charge in [-0.1, -0.05) is 12.1 Å². The number of likely N-dealkylation sites (tertiary alicyclic amines) is 1. The van der Waals surface area contributed by atoms with Crippen LogP contribution in [0.4, 0.5) is 14.9 Å². The molecule has 6 nitrogen and oxygen atoms in total. The second-order valence-corrected chi connectivity index (χ2v) is 7.75. The van der Waals surface area contributed by atoms with Crippen molar-refractivity contribution < 1.29 is 14.0 Å². The van der Waals surface area contributed by atoms with Gasteiger partial charge in [0.2, 0.25) is 0 Å². The average molecular weight is 408 g/mol. The molecular weight excluding hydrogens is 383 g/mol. The molecule has 1 aliphatic rings. The predicted molar refractivity (Wildman–Crippen MR) is 113 cm³/mol. The molecule has 3 rings (SSSR count). The van der Waals surface area contributed by atoms with Crippen molar-refractivity contribution in [2.75, 3.05) is 18.4 Å². The maximum atomic E-state index is 14.3.